The highest BCUT2D eigenvalue weighted by Crippen LogP contribution is 2.45. The van der Waals surface area contributed by atoms with Crippen molar-refractivity contribution in [3.63, 3.8) is 0 Å². The number of hydrogen-bond acceptors (Lipinski definition) is 14. The predicted molar refractivity (Wildman–Crippen MR) is 481 cm³/mol. The largest absolute Gasteiger partial charge is 0.472 e. The van der Waals surface area contributed by atoms with Crippen LogP contribution in [0.5, 0.6) is 0 Å². The third-order valence-corrected chi connectivity index (χ3v) is 19.9. The first-order chi connectivity index (χ1) is 56.2. The zero-order valence-corrected chi connectivity index (χ0v) is 73.4. The molecule has 0 radical (unpaired) electrons. The van der Waals surface area contributed by atoms with Gasteiger partial charge in [0, 0.05) is 19.3 Å². The smallest absolute Gasteiger partial charge is 0.463 e. The lowest BCUT2D eigenvalue weighted by Gasteiger charge is -2.21. The molecule has 0 spiro atoms. The molecule has 16 nitrogen and oxygen atoms in total. The number of hydrogen-bond donors (Lipinski definition) is 4. The van der Waals surface area contributed by atoms with Gasteiger partial charge >= 0.3 is 33.6 Å². The van der Waals surface area contributed by atoms with Gasteiger partial charge < -0.3 is 34.2 Å². The van der Waals surface area contributed by atoms with Crippen LogP contribution in [0.25, 0.3) is 0 Å². The van der Waals surface area contributed by atoms with E-state index in [1.54, 1.807) is 0 Å². The summed E-state index contributed by atoms with van der Waals surface area (Å²) in [5.41, 5.74) is 0. The average Bonchev–Trinajstić information content (AvgIpc) is 0.903. The Balaban J connectivity index is 4.59. The summed E-state index contributed by atoms with van der Waals surface area (Å²) in [6.07, 6.45) is 117. The maximum atomic E-state index is 13.0. The topological polar surface area (TPSA) is 231 Å². The molecule has 4 N–H and O–H groups in total. The zero-order valence-electron chi connectivity index (χ0n) is 71.6. The van der Waals surface area contributed by atoms with Crippen LogP contribution in [0, 0.1) is 0 Å². The molecule has 5 atom stereocenters. The summed E-state index contributed by atoms with van der Waals surface area (Å²) in [4.78, 5) is 58.9. The van der Waals surface area contributed by atoms with Gasteiger partial charge in [-0.2, -0.15) is 0 Å². The minimum atomic E-state index is -4.96. The summed E-state index contributed by atoms with van der Waals surface area (Å²) in [6.45, 7) is 2.26. The number of carbonyl (C=O) groups is 3. The van der Waals surface area contributed by atoms with Crippen LogP contribution in [-0.2, 0) is 55.8 Å². The van der Waals surface area contributed by atoms with Crippen LogP contribution in [0.1, 0.15) is 329 Å². The number of allylic oxidation sites excluding steroid dienone is 34. The molecule has 0 bridgehead atoms. The van der Waals surface area contributed by atoms with E-state index in [0.717, 1.165) is 161 Å². The van der Waals surface area contributed by atoms with Gasteiger partial charge in [-0.05, 0) is 167 Å². The van der Waals surface area contributed by atoms with Gasteiger partial charge in [0.25, 0.3) is 0 Å². The van der Waals surface area contributed by atoms with Gasteiger partial charge in [0.1, 0.15) is 25.4 Å². The zero-order chi connectivity index (χ0) is 83.6. The van der Waals surface area contributed by atoms with Crippen LogP contribution in [0.4, 0.5) is 0 Å². The first-order valence-electron chi connectivity index (χ1n) is 44.4. The Kier molecular flexibility index (Phi) is 83.0. The third kappa shape index (κ3) is 88.8. The van der Waals surface area contributed by atoms with Crippen molar-refractivity contribution < 1.29 is 75.8 Å². The number of carbonyl (C=O) groups excluding carboxylic acids is 3. The maximum Gasteiger partial charge on any atom is 0.472 e. The SMILES string of the molecule is CC/C=C\C/C=C\C/C=C\C/C=C\C/C=C\C/C=C\CCCCCCC(=O)OCC(COP(=O)(O)OCC(O)COP(=O)(O)OCC(O)COC(=O)CCCCCCCCCCCCCCCCCCCCC/C=C\C/C=C\C/C=C\C/C=C\C/C=C\CC)OC(=O)CCCC/C=C\C/C=C\C/C=C\C/C=C\C/C=C\C/C=C\CC. The summed E-state index contributed by atoms with van der Waals surface area (Å²) in [7, 11) is -9.84. The number of rotatable bonds is 82. The van der Waals surface area contributed by atoms with Crippen LogP contribution >= 0.6 is 15.6 Å². The van der Waals surface area contributed by atoms with Gasteiger partial charge in [0.15, 0.2) is 6.10 Å². The molecule has 0 aliphatic heterocycles. The fourth-order valence-corrected chi connectivity index (χ4v) is 13.0. The van der Waals surface area contributed by atoms with E-state index in [4.69, 9.17) is 32.3 Å². The van der Waals surface area contributed by atoms with E-state index in [1.165, 1.54) is 103 Å². The highest BCUT2D eigenvalue weighted by Gasteiger charge is 2.29. The summed E-state index contributed by atoms with van der Waals surface area (Å²) in [6, 6.07) is 0. The van der Waals surface area contributed by atoms with Crippen molar-refractivity contribution in [2.24, 2.45) is 0 Å². The lowest BCUT2D eigenvalue weighted by atomic mass is 10.0. The fraction of sp³-hybridized carbons (Fsp3) is 0.619. The first-order valence-corrected chi connectivity index (χ1v) is 47.4. The Bertz CT molecular complexity index is 2920. The van der Waals surface area contributed by atoms with Crippen LogP contribution in [-0.4, -0.2) is 95.9 Å². The predicted octanol–water partition coefficient (Wildman–Crippen LogP) is 27.2. The minimum Gasteiger partial charge on any atom is -0.463 e. The molecule has 0 heterocycles. The number of phosphoric ester groups is 2. The van der Waals surface area contributed by atoms with Crippen molar-refractivity contribution in [3.05, 3.63) is 207 Å². The molecule has 0 rings (SSSR count). The van der Waals surface area contributed by atoms with Crippen molar-refractivity contribution in [1.29, 1.82) is 0 Å². The lowest BCUT2D eigenvalue weighted by molar-refractivity contribution is -0.161. The molecule has 115 heavy (non-hydrogen) atoms. The highest BCUT2D eigenvalue weighted by molar-refractivity contribution is 7.47. The van der Waals surface area contributed by atoms with Gasteiger partial charge in [-0.3, -0.25) is 32.5 Å². The molecule has 0 aromatic heterocycles. The van der Waals surface area contributed by atoms with Crippen LogP contribution in [0.3, 0.4) is 0 Å². The molecule has 0 aliphatic rings. The van der Waals surface area contributed by atoms with Crippen molar-refractivity contribution >= 4 is 33.6 Å². The second kappa shape index (κ2) is 87.4. The number of ether oxygens (including phenoxy) is 3. The summed E-state index contributed by atoms with van der Waals surface area (Å²) >= 11 is 0. The van der Waals surface area contributed by atoms with Gasteiger partial charge in [0.05, 0.1) is 26.4 Å². The number of aliphatic hydroxyl groups is 2. The van der Waals surface area contributed by atoms with E-state index in [2.05, 4.69) is 227 Å². The van der Waals surface area contributed by atoms with Crippen LogP contribution < -0.4 is 0 Å². The van der Waals surface area contributed by atoms with E-state index < -0.39 is 91.5 Å². The van der Waals surface area contributed by atoms with Gasteiger partial charge in [0.2, 0.25) is 0 Å². The molecular weight excluding hydrogens is 1480 g/mol. The van der Waals surface area contributed by atoms with Crippen LogP contribution in [0.2, 0.25) is 0 Å². The maximum absolute atomic E-state index is 13.0. The molecule has 0 saturated heterocycles. The second-order valence-corrected chi connectivity index (χ2v) is 31.8. The van der Waals surface area contributed by atoms with Gasteiger partial charge in [-0.1, -0.05) is 349 Å². The summed E-state index contributed by atoms with van der Waals surface area (Å²) in [5.74, 6) is -1.66. The lowest BCUT2D eigenvalue weighted by Crippen LogP contribution is -2.30. The Labute approximate surface area is 699 Å². The average molecular weight is 1640 g/mol. The van der Waals surface area contributed by atoms with E-state index in [1.807, 2.05) is 0 Å². The molecular formula is C97H158O16P2. The van der Waals surface area contributed by atoms with Gasteiger partial charge in [-0.25, -0.2) is 9.13 Å². The Morgan fingerprint density at radius 3 is 0.704 bits per heavy atom. The van der Waals surface area contributed by atoms with E-state index in [9.17, 15) is 43.5 Å². The Morgan fingerprint density at radius 2 is 0.435 bits per heavy atom. The van der Waals surface area contributed by atoms with Crippen molar-refractivity contribution in [3.8, 4) is 0 Å². The fourth-order valence-electron chi connectivity index (χ4n) is 11.4. The van der Waals surface area contributed by atoms with E-state index in [0.29, 0.717) is 25.7 Å². The molecule has 0 aromatic rings. The second-order valence-electron chi connectivity index (χ2n) is 28.9. The highest BCUT2D eigenvalue weighted by atomic mass is 31.2. The van der Waals surface area contributed by atoms with Crippen molar-refractivity contribution in [2.45, 2.75) is 347 Å². The Morgan fingerprint density at radius 1 is 0.243 bits per heavy atom. The van der Waals surface area contributed by atoms with Crippen LogP contribution in [0.15, 0.2) is 207 Å². The normalized spacial score (nSPS) is 14.8. The molecule has 0 saturated carbocycles. The molecule has 0 fully saturated rings. The number of phosphoric acid groups is 2. The number of esters is 3. The third-order valence-electron chi connectivity index (χ3n) is 18.0. The molecule has 0 aliphatic carbocycles. The Hall–Kier alpha value is -5.87. The van der Waals surface area contributed by atoms with Crippen molar-refractivity contribution in [2.75, 3.05) is 39.6 Å². The van der Waals surface area contributed by atoms with E-state index >= 15 is 0 Å². The standard InChI is InChI=1S/C97H158O16P2/c1-4-7-10-13-16-19-22-25-28-31-34-37-39-40-41-42-43-44-45-46-47-48-49-50-52-55-56-59-62-65-68-71-74-77-80-83-95(100)107-86-92(98)87-109-114(103,104)110-88-93(99)89-111-115(105,106)112-91-94(113-97(102)85-82-79-76-73-70-67-64-61-58-53-36-33-30-27-24-21-18-15-12-9-6-3)90-108-96(101)84-81-78-75-72-69-66-63-60-57-54-51-38-35-32-29-26-23-20-17-14-11-8-5-2/h7-12,16-21,25-30,34-38,40-41,53-54,57,61,63-64,66,70,73,92-94,98-99H,4-6,13-15,22-24,31-33,39,42-52,55-56,58-60,62,65,67-69,71-72,74-91H2,1-3H3,(H,103,104)(H,105,106)/b10-7-,11-8-,12-9-,19-16-,20-17-,21-18-,28-25-,29-26-,30-27-,37-34-,38-35-,41-40-,53-36-,57-54-,64-61-,66-63-,73-70-. The molecule has 0 aromatic carbocycles. The first kappa shape index (κ1) is 109. The molecule has 0 amide bonds. The monoisotopic (exact) mass is 1640 g/mol. The molecule has 5 unspecified atom stereocenters. The number of unbranched alkanes of at least 4 members (excludes halogenated alkanes) is 25. The summed E-state index contributed by atoms with van der Waals surface area (Å²) in [5, 5.41) is 20.7. The molecule has 652 valence electrons. The van der Waals surface area contributed by atoms with Crippen molar-refractivity contribution in [1.82, 2.24) is 0 Å². The minimum absolute atomic E-state index is 0.0352. The van der Waals surface area contributed by atoms with E-state index in [-0.39, 0.29) is 19.3 Å². The number of aliphatic hydroxyl groups excluding tert-OH is 2. The van der Waals surface area contributed by atoms with Gasteiger partial charge in [-0.15, -0.1) is 0 Å². The summed E-state index contributed by atoms with van der Waals surface area (Å²) < 4.78 is 61.3. The quantitative estimate of drug-likeness (QED) is 0.0146. The molecule has 18 heteroatoms.